The predicted octanol–water partition coefficient (Wildman–Crippen LogP) is 4.34. The number of pyridine rings is 2. The monoisotopic (exact) mass is 498 g/mol. The summed E-state index contributed by atoms with van der Waals surface area (Å²) in [5.41, 5.74) is 5.53. The molecule has 5 rings (SSSR count). The molecule has 2 N–H and O–H groups in total. The lowest BCUT2D eigenvalue weighted by atomic mass is 10.0. The lowest BCUT2D eigenvalue weighted by Crippen LogP contribution is -2.30. The van der Waals surface area contributed by atoms with Crippen LogP contribution in [0.2, 0.25) is 0 Å². The number of rotatable bonds is 7. The van der Waals surface area contributed by atoms with Gasteiger partial charge in [0.15, 0.2) is 5.11 Å². The van der Waals surface area contributed by atoms with E-state index < -0.39 is 0 Å². The Kier molecular flexibility index (Phi) is 6.75. The van der Waals surface area contributed by atoms with Gasteiger partial charge in [-0.25, -0.2) is 0 Å². The largest absolute Gasteiger partial charge is 0.375 e. The van der Waals surface area contributed by atoms with Crippen molar-refractivity contribution in [3.63, 3.8) is 0 Å². The number of amides is 1. The van der Waals surface area contributed by atoms with Gasteiger partial charge in [0, 0.05) is 54.7 Å². The summed E-state index contributed by atoms with van der Waals surface area (Å²) in [6.45, 7) is 1.96. The highest BCUT2D eigenvalue weighted by Gasteiger charge is 2.42. The molecule has 9 heteroatoms. The number of hydrogen-bond acceptors (Lipinski definition) is 5. The summed E-state index contributed by atoms with van der Waals surface area (Å²) in [6.07, 6.45) is 7.40. The average Bonchev–Trinajstić information content (AvgIpc) is 3.51. The van der Waals surface area contributed by atoms with Crippen LogP contribution in [-0.2, 0) is 9.53 Å². The van der Waals surface area contributed by atoms with E-state index in [9.17, 15) is 4.79 Å². The summed E-state index contributed by atoms with van der Waals surface area (Å²) in [4.78, 5) is 23.0. The summed E-state index contributed by atoms with van der Waals surface area (Å²) in [5, 5.41) is 7.00. The molecule has 4 aromatic rings. The van der Waals surface area contributed by atoms with Crippen LogP contribution >= 0.6 is 12.2 Å². The van der Waals surface area contributed by atoms with Gasteiger partial charge >= 0.3 is 0 Å². The number of anilines is 2. The van der Waals surface area contributed by atoms with Crippen LogP contribution in [-0.4, -0.2) is 39.3 Å². The van der Waals surface area contributed by atoms with Crippen molar-refractivity contribution in [2.24, 2.45) is 0 Å². The molecule has 1 aliphatic heterocycles. The fourth-order valence-electron chi connectivity index (χ4n) is 4.56. The molecule has 0 bridgehead atoms. The highest BCUT2D eigenvalue weighted by molar-refractivity contribution is 7.80. The van der Waals surface area contributed by atoms with Crippen molar-refractivity contribution in [2.45, 2.75) is 19.0 Å². The van der Waals surface area contributed by atoms with Gasteiger partial charge in [-0.2, -0.15) is 0 Å². The molecule has 8 nitrogen and oxygen atoms in total. The minimum atomic E-state index is -0.199. The molecule has 3 aromatic heterocycles. The van der Waals surface area contributed by atoms with Gasteiger partial charge < -0.3 is 24.8 Å². The third kappa shape index (κ3) is 4.58. The van der Waals surface area contributed by atoms with Gasteiger partial charge in [0.25, 0.3) is 0 Å². The summed E-state index contributed by atoms with van der Waals surface area (Å²) < 4.78 is 7.08. The number of ether oxygens (including phenoxy) is 1. The van der Waals surface area contributed by atoms with Gasteiger partial charge in [-0.15, -0.1) is 0 Å². The molecule has 0 radical (unpaired) electrons. The Hall–Kier alpha value is -4.08. The number of nitrogens with zero attached hydrogens (tertiary/aromatic N) is 4. The predicted molar refractivity (Wildman–Crippen MR) is 143 cm³/mol. The number of aromatic nitrogens is 3. The van der Waals surface area contributed by atoms with Crippen molar-refractivity contribution >= 4 is 34.6 Å². The first kappa shape index (κ1) is 23.7. The van der Waals surface area contributed by atoms with Gasteiger partial charge in [0.1, 0.15) is 12.6 Å². The molecule has 1 amide bonds. The van der Waals surface area contributed by atoms with Crippen LogP contribution in [0.25, 0.3) is 5.69 Å². The Balaban J connectivity index is 1.58. The Morgan fingerprint density at radius 2 is 1.92 bits per heavy atom. The molecule has 0 spiro atoms. The van der Waals surface area contributed by atoms with Crippen LogP contribution in [0.1, 0.15) is 29.0 Å². The zero-order valence-corrected chi connectivity index (χ0v) is 20.8. The van der Waals surface area contributed by atoms with E-state index in [0.29, 0.717) is 5.11 Å². The van der Waals surface area contributed by atoms with E-state index in [1.54, 1.807) is 18.6 Å². The molecule has 4 heterocycles. The fraction of sp³-hybridized carbons (Fsp3) is 0.185. The van der Waals surface area contributed by atoms with Crippen LogP contribution in [0.15, 0.2) is 85.5 Å². The average molecular weight is 499 g/mol. The lowest BCUT2D eigenvalue weighted by molar-refractivity contribution is -0.119. The summed E-state index contributed by atoms with van der Waals surface area (Å²) in [6, 6.07) is 19.5. The number of carbonyl (C=O) groups excluding carboxylic acids is 1. The van der Waals surface area contributed by atoms with Gasteiger partial charge in [0.05, 0.1) is 11.7 Å². The highest BCUT2D eigenvalue weighted by atomic mass is 32.1. The van der Waals surface area contributed by atoms with Crippen LogP contribution in [0.3, 0.4) is 0 Å². The Labute approximate surface area is 215 Å². The van der Waals surface area contributed by atoms with E-state index in [1.165, 1.54) is 7.11 Å². The van der Waals surface area contributed by atoms with Gasteiger partial charge in [-0.05, 0) is 79.3 Å². The summed E-state index contributed by atoms with van der Waals surface area (Å²) in [7, 11) is 1.50. The van der Waals surface area contributed by atoms with Gasteiger partial charge in [-0.1, -0.05) is 6.07 Å². The van der Waals surface area contributed by atoms with Crippen molar-refractivity contribution in [1.29, 1.82) is 0 Å². The van der Waals surface area contributed by atoms with Crippen LogP contribution < -0.4 is 15.5 Å². The SMILES string of the molecule is COCC(=O)Nc1ccc(N2C(=S)N[C@H](c3ccccn3)[C@H]2c2cccn2-c2ccncc2)cc1C. The van der Waals surface area contributed by atoms with Crippen LogP contribution in [0.5, 0.6) is 0 Å². The lowest BCUT2D eigenvalue weighted by Gasteiger charge is -2.29. The minimum Gasteiger partial charge on any atom is -0.375 e. The smallest absolute Gasteiger partial charge is 0.250 e. The number of carbonyl (C=O) groups is 1. The fourth-order valence-corrected chi connectivity index (χ4v) is 4.91. The van der Waals surface area contributed by atoms with E-state index in [4.69, 9.17) is 17.0 Å². The molecule has 36 heavy (non-hydrogen) atoms. The summed E-state index contributed by atoms with van der Waals surface area (Å²) in [5.74, 6) is -0.199. The molecule has 0 saturated carbocycles. The van der Waals surface area contributed by atoms with Crippen LogP contribution in [0, 0.1) is 6.92 Å². The maximum absolute atomic E-state index is 12.0. The molecule has 1 aliphatic rings. The third-order valence-corrected chi connectivity index (χ3v) is 6.47. The van der Waals surface area contributed by atoms with Gasteiger partial charge in [-0.3, -0.25) is 14.8 Å². The Bertz CT molecular complexity index is 1380. The Morgan fingerprint density at radius 3 is 2.64 bits per heavy atom. The molecular weight excluding hydrogens is 472 g/mol. The molecule has 0 aliphatic carbocycles. The Morgan fingerprint density at radius 1 is 1.08 bits per heavy atom. The van der Waals surface area contributed by atoms with E-state index in [2.05, 4.69) is 36.1 Å². The van der Waals surface area contributed by atoms with Crippen molar-refractivity contribution < 1.29 is 9.53 Å². The number of aryl methyl sites for hydroxylation is 1. The quantitative estimate of drug-likeness (QED) is 0.367. The molecule has 1 fully saturated rings. The second-order valence-electron chi connectivity index (χ2n) is 8.49. The van der Waals surface area contributed by atoms with Crippen molar-refractivity contribution in [1.82, 2.24) is 19.9 Å². The highest BCUT2D eigenvalue weighted by Crippen LogP contribution is 2.42. The number of hydrogen-bond donors (Lipinski definition) is 2. The standard InChI is InChI=1S/C27H26N6O2S/c1-18-16-20(8-9-21(18)30-24(34)17-35-2)33-26(25(31-27(33)36)22-6-3-4-12-29-22)23-7-5-15-32(23)19-10-13-28-14-11-19/h3-16,25-26H,17H2,1-2H3,(H,30,34)(H,31,36)/t25-,26-/m1/s1. The zero-order valence-electron chi connectivity index (χ0n) is 20.0. The second-order valence-corrected chi connectivity index (χ2v) is 8.87. The second kappa shape index (κ2) is 10.3. The van der Waals surface area contributed by atoms with Gasteiger partial charge in [0.2, 0.25) is 5.91 Å². The molecule has 0 unspecified atom stereocenters. The zero-order chi connectivity index (χ0) is 25.1. The van der Waals surface area contributed by atoms with E-state index in [-0.39, 0.29) is 24.6 Å². The normalized spacial score (nSPS) is 17.2. The first-order chi connectivity index (χ1) is 17.6. The minimum absolute atomic E-state index is 0.00114. The van der Waals surface area contributed by atoms with E-state index in [1.807, 2.05) is 67.7 Å². The maximum Gasteiger partial charge on any atom is 0.250 e. The van der Waals surface area contributed by atoms with E-state index in [0.717, 1.165) is 34.0 Å². The molecule has 2 atom stereocenters. The van der Waals surface area contributed by atoms with Crippen LogP contribution in [0.4, 0.5) is 11.4 Å². The molecule has 1 aromatic carbocycles. The van der Waals surface area contributed by atoms with Crippen molar-refractivity contribution in [3.05, 3.63) is 102 Å². The topological polar surface area (TPSA) is 84.3 Å². The first-order valence-corrected chi connectivity index (χ1v) is 12.0. The first-order valence-electron chi connectivity index (χ1n) is 11.5. The number of benzene rings is 1. The molecule has 1 saturated heterocycles. The molecule has 182 valence electrons. The number of nitrogens with one attached hydrogen (secondary N) is 2. The maximum atomic E-state index is 12.0. The van der Waals surface area contributed by atoms with Crippen molar-refractivity contribution in [3.8, 4) is 5.69 Å². The van der Waals surface area contributed by atoms with E-state index >= 15 is 0 Å². The molecular formula is C27H26N6O2S. The number of methoxy groups -OCH3 is 1. The summed E-state index contributed by atoms with van der Waals surface area (Å²) >= 11 is 5.87. The van der Waals surface area contributed by atoms with Crippen molar-refractivity contribution in [2.75, 3.05) is 23.9 Å². The number of thiocarbonyl (C=S) groups is 1. The third-order valence-electron chi connectivity index (χ3n) is 6.16.